The molecule has 2 N–H and O–H groups in total. The molecule has 0 bridgehead atoms. The van der Waals surface area contributed by atoms with Gasteiger partial charge in [-0.3, -0.25) is 0 Å². The van der Waals surface area contributed by atoms with E-state index in [1.165, 1.54) is 7.11 Å². The molecule has 0 amide bonds. The molecule has 6 heteroatoms. The summed E-state index contributed by atoms with van der Waals surface area (Å²) in [5.74, 6) is -1.13. The highest BCUT2D eigenvalue weighted by molar-refractivity contribution is 5.37. The second-order valence-corrected chi connectivity index (χ2v) is 2.53. The smallest absolute Gasteiger partial charge is 0.284 e. The first kappa shape index (κ1) is 10.8. The Morgan fingerprint density at radius 3 is 2.64 bits per heavy atom. The minimum atomic E-state index is -2.88. The summed E-state index contributed by atoms with van der Waals surface area (Å²) in [4.78, 5) is 3.05. The van der Waals surface area contributed by atoms with Crippen LogP contribution in [0.15, 0.2) is 6.07 Å². The number of aromatic nitrogens is 1. The number of hydrogen-bond donors (Lipinski definition) is 1. The monoisotopic (exact) mass is 206 g/mol. The van der Waals surface area contributed by atoms with Crippen LogP contribution in [0.3, 0.4) is 0 Å². The van der Waals surface area contributed by atoms with Crippen molar-refractivity contribution in [1.82, 2.24) is 4.98 Å². The van der Waals surface area contributed by atoms with E-state index in [1.54, 1.807) is 0 Å². The summed E-state index contributed by atoms with van der Waals surface area (Å²) in [6.45, 7) is -0.0810. The van der Waals surface area contributed by atoms with Crippen LogP contribution in [0, 0.1) is 5.95 Å². The van der Waals surface area contributed by atoms with Crippen molar-refractivity contribution in [3.05, 3.63) is 23.3 Å². The molecule has 0 saturated carbocycles. The molecular formula is C8H9F3N2O. The van der Waals surface area contributed by atoms with Gasteiger partial charge >= 0.3 is 0 Å². The molecule has 1 heterocycles. The molecule has 3 nitrogen and oxygen atoms in total. The van der Waals surface area contributed by atoms with Gasteiger partial charge < -0.3 is 10.5 Å². The Kier molecular flexibility index (Phi) is 3.29. The predicted octanol–water partition coefficient (Wildman–Crippen LogP) is 1.63. The zero-order chi connectivity index (χ0) is 10.7. The molecule has 1 aromatic heterocycles. The summed E-state index contributed by atoms with van der Waals surface area (Å²) >= 11 is 0. The Morgan fingerprint density at radius 1 is 1.57 bits per heavy atom. The van der Waals surface area contributed by atoms with Crippen LogP contribution in [-0.4, -0.2) is 12.1 Å². The number of nitrogens with two attached hydrogens (primary N) is 1. The molecule has 0 unspecified atom stereocenters. The zero-order valence-corrected chi connectivity index (χ0v) is 7.43. The Labute approximate surface area is 78.7 Å². The van der Waals surface area contributed by atoms with Gasteiger partial charge in [0, 0.05) is 18.2 Å². The van der Waals surface area contributed by atoms with Gasteiger partial charge in [0.05, 0.1) is 7.11 Å². The maximum Gasteiger partial charge on any atom is 0.284 e. The normalized spacial score (nSPS) is 10.7. The lowest BCUT2D eigenvalue weighted by atomic mass is 10.2. The van der Waals surface area contributed by atoms with E-state index in [1.807, 2.05) is 0 Å². The number of halogens is 3. The minimum absolute atomic E-state index is 0.0810. The van der Waals surface area contributed by atoms with E-state index in [0.717, 1.165) is 6.07 Å². The van der Waals surface area contributed by atoms with Crippen molar-refractivity contribution in [3.63, 3.8) is 0 Å². The van der Waals surface area contributed by atoms with Crippen molar-refractivity contribution in [2.45, 2.75) is 13.0 Å². The number of methoxy groups -OCH3 is 1. The molecular weight excluding hydrogens is 197 g/mol. The number of pyridine rings is 1. The van der Waals surface area contributed by atoms with Gasteiger partial charge in [-0.05, 0) is 0 Å². The van der Waals surface area contributed by atoms with Crippen molar-refractivity contribution >= 4 is 0 Å². The fraction of sp³-hybridized carbons (Fsp3) is 0.375. The highest BCUT2D eigenvalue weighted by atomic mass is 19.3. The van der Waals surface area contributed by atoms with Gasteiger partial charge in [-0.2, -0.15) is 4.39 Å². The average Bonchev–Trinajstić information content (AvgIpc) is 2.16. The van der Waals surface area contributed by atoms with E-state index in [9.17, 15) is 13.2 Å². The molecule has 0 saturated heterocycles. The SMILES string of the molecule is COc1c(CN)cc(F)nc1C(F)F. The van der Waals surface area contributed by atoms with Crippen LogP contribution < -0.4 is 10.5 Å². The van der Waals surface area contributed by atoms with Crippen molar-refractivity contribution in [2.75, 3.05) is 7.11 Å². The number of alkyl halides is 2. The fourth-order valence-electron chi connectivity index (χ4n) is 1.11. The van der Waals surface area contributed by atoms with E-state index in [-0.39, 0.29) is 17.9 Å². The summed E-state index contributed by atoms with van der Waals surface area (Å²) in [7, 11) is 1.21. The molecule has 0 atom stereocenters. The van der Waals surface area contributed by atoms with Gasteiger partial charge in [0.2, 0.25) is 5.95 Å². The van der Waals surface area contributed by atoms with E-state index < -0.39 is 18.1 Å². The predicted molar refractivity (Wildman–Crippen MR) is 43.6 cm³/mol. The molecule has 14 heavy (non-hydrogen) atoms. The molecule has 0 fully saturated rings. The molecule has 0 aliphatic carbocycles. The van der Waals surface area contributed by atoms with E-state index >= 15 is 0 Å². The lowest BCUT2D eigenvalue weighted by Crippen LogP contribution is -2.06. The third kappa shape index (κ3) is 1.95. The average molecular weight is 206 g/mol. The molecule has 0 aromatic carbocycles. The number of hydrogen-bond acceptors (Lipinski definition) is 3. The second kappa shape index (κ2) is 4.28. The first-order valence-corrected chi connectivity index (χ1v) is 3.81. The van der Waals surface area contributed by atoms with Gasteiger partial charge in [-0.15, -0.1) is 0 Å². The van der Waals surface area contributed by atoms with Gasteiger partial charge in [-0.25, -0.2) is 13.8 Å². The molecule has 78 valence electrons. The summed E-state index contributed by atoms with van der Waals surface area (Å²) in [6, 6.07) is 0.977. The van der Waals surface area contributed by atoms with Crippen LogP contribution in [0.2, 0.25) is 0 Å². The van der Waals surface area contributed by atoms with Crippen LogP contribution in [0.4, 0.5) is 13.2 Å². The van der Waals surface area contributed by atoms with Crippen LogP contribution in [0.1, 0.15) is 17.7 Å². The highest BCUT2D eigenvalue weighted by Gasteiger charge is 2.20. The molecule has 0 aliphatic rings. The lowest BCUT2D eigenvalue weighted by Gasteiger charge is -2.10. The van der Waals surface area contributed by atoms with E-state index in [4.69, 9.17) is 10.5 Å². The van der Waals surface area contributed by atoms with Crippen molar-refractivity contribution in [2.24, 2.45) is 5.73 Å². The lowest BCUT2D eigenvalue weighted by molar-refractivity contribution is 0.139. The maximum atomic E-state index is 12.7. The summed E-state index contributed by atoms with van der Waals surface area (Å²) < 4.78 is 42.2. The van der Waals surface area contributed by atoms with Crippen LogP contribution in [0.5, 0.6) is 5.75 Å². The third-order valence-corrected chi connectivity index (χ3v) is 1.68. The van der Waals surface area contributed by atoms with E-state index in [2.05, 4.69) is 4.98 Å². The summed E-state index contributed by atoms with van der Waals surface area (Å²) in [5, 5.41) is 0. The van der Waals surface area contributed by atoms with Gasteiger partial charge in [0.1, 0.15) is 0 Å². The Hall–Kier alpha value is -1.30. The standard InChI is InChI=1S/C8H9F3N2O/c1-14-7-4(3-12)2-5(9)13-6(7)8(10)11/h2,8H,3,12H2,1H3. The van der Waals surface area contributed by atoms with Crippen LogP contribution >= 0.6 is 0 Å². The van der Waals surface area contributed by atoms with E-state index in [0.29, 0.717) is 0 Å². The van der Waals surface area contributed by atoms with Crippen LogP contribution in [-0.2, 0) is 6.54 Å². The molecule has 1 aromatic rings. The number of nitrogens with zero attached hydrogens (tertiary/aromatic N) is 1. The topological polar surface area (TPSA) is 48.1 Å². The number of rotatable bonds is 3. The van der Waals surface area contributed by atoms with Gasteiger partial charge in [-0.1, -0.05) is 0 Å². The van der Waals surface area contributed by atoms with Crippen molar-refractivity contribution in [1.29, 1.82) is 0 Å². The Morgan fingerprint density at radius 2 is 2.21 bits per heavy atom. The minimum Gasteiger partial charge on any atom is -0.494 e. The van der Waals surface area contributed by atoms with Crippen molar-refractivity contribution in [3.8, 4) is 5.75 Å². The third-order valence-electron chi connectivity index (χ3n) is 1.68. The Bertz CT molecular complexity index is 331. The quantitative estimate of drug-likeness (QED) is 0.764. The summed E-state index contributed by atoms with van der Waals surface area (Å²) in [5.41, 5.74) is 4.71. The highest BCUT2D eigenvalue weighted by Crippen LogP contribution is 2.30. The van der Waals surface area contributed by atoms with Gasteiger partial charge in [0.15, 0.2) is 11.4 Å². The maximum absolute atomic E-state index is 12.7. The fourth-order valence-corrected chi connectivity index (χ4v) is 1.11. The van der Waals surface area contributed by atoms with Crippen LogP contribution in [0.25, 0.3) is 0 Å². The van der Waals surface area contributed by atoms with Crippen molar-refractivity contribution < 1.29 is 17.9 Å². The van der Waals surface area contributed by atoms with Gasteiger partial charge in [0.25, 0.3) is 6.43 Å². The zero-order valence-electron chi connectivity index (χ0n) is 7.43. The number of ether oxygens (including phenoxy) is 1. The first-order chi connectivity index (χ1) is 6.60. The molecule has 0 spiro atoms. The molecule has 1 rings (SSSR count). The second-order valence-electron chi connectivity index (χ2n) is 2.53. The largest absolute Gasteiger partial charge is 0.494 e. The Balaban J connectivity index is 3.31. The summed E-state index contributed by atoms with van der Waals surface area (Å²) in [6.07, 6.45) is -2.88. The first-order valence-electron chi connectivity index (χ1n) is 3.81. The molecule has 0 radical (unpaired) electrons. The molecule has 0 aliphatic heterocycles.